The quantitative estimate of drug-likeness (QED) is 0.0835. The summed E-state index contributed by atoms with van der Waals surface area (Å²) >= 11 is 0. The summed E-state index contributed by atoms with van der Waals surface area (Å²) in [5.74, 6) is -2.52. The molecule has 0 aromatic rings. The number of aliphatic hydroxyl groups is 11. The Balaban J connectivity index is 1.05. The van der Waals surface area contributed by atoms with E-state index in [1.54, 1.807) is 0 Å². The molecule has 21 heteroatoms. The fourth-order valence-corrected chi connectivity index (χ4v) is 14.5. The molecule has 0 aromatic heterocycles. The van der Waals surface area contributed by atoms with Crippen molar-refractivity contribution in [1.29, 1.82) is 0 Å². The zero-order chi connectivity index (χ0) is 46.3. The number of hydrogen-bond acceptors (Lipinski definition) is 19. The minimum atomic E-state index is -5.12. The van der Waals surface area contributed by atoms with Crippen LogP contribution in [0.5, 0.6) is 0 Å². The van der Waals surface area contributed by atoms with E-state index in [1.807, 2.05) is 20.8 Å². The Bertz CT molecular complexity index is 1680. The predicted octanol–water partition coefficient (Wildman–Crippen LogP) is -2.04. The van der Waals surface area contributed by atoms with Gasteiger partial charge < -0.3 is 79.9 Å². The molecule has 7 fully saturated rings. The van der Waals surface area contributed by atoms with Gasteiger partial charge in [0.05, 0.1) is 55.9 Å². The fraction of sp³-hybridized carbons (Fsp3) is 1.00. The Morgan fingerprint density at radius 3 is 2.02 bits per heavy atom. The molecule has 0 spiro atoms. The second kappa shape index (κ2) is 18.6. The summed E-state index contributed by atoms with van der Waals surface area (Å²) in [5.41, 5.74) is -2.75. The Kier molecular flexibility index (Phi) is 14.8. The standard InChI is InChI=1S/C42H72O20S/c1-17(2)24(58-39-36(35(26(15-44)60-39)62-63(54,55)56)61-38-33(52)31(50)25(14-43)59-38)7-6-18(3)20-12-21(45)37-40(20,4)11-9-27-41(5)10-8-19(34-32(51)30(49)23(47)16-57-34)29(48)28(41)22(46)13-42(27,37)53/h17-39,43-53H,6-16H2,1-5H3,(H,54,55,56)/t18-,19+,20-,21+,22?,23-,24+,25+,26+,27-,28?,29+,30+,31+,32-,33-,34+,35+,36-,37-,38+,39-,40-,41-,42+/m1/s1. The van der Waals surface area contributed by atoms with Crippen molar-refractivity contribution in [2.24, 2.45) is 52.3 Å². The fourth-order valence-electron chi connectivity index (χ4n) is 14.0. The molecule has 2 unspecified atom stereocenters. The largest absolute Gasteiger partial charge is 0.397 e. The molecule has 4 aliphatic carbocycles. The summed E-state index contributed by atoms with van der Waals surface area (Å²) in [7, 11) is -5.12. The molecule has 0 bridgehead atoms. The molecule has 63 heavy (non-hydrogen) atoms. The molecule has 20 nitrogen and oxygen atoms in total. The van der Waals surface area contributed by atoms with Crippen molar-refractivity contribution in [2.45, 2.75) is 190 Å². The van der Waals surface area contributed by atoms with Gasteiger partial charge in [0, 0.05) is 24.2 Å². The van der Waals surface area contributed by atoms with Gasteiger partial charge >= 0.3 is 10.4 Å². The third kappa shape index (κ3) is 8.91. The molecular formula is C42H72O20S. The first-order chi connectivity index (χ1) is 29.4. The van der Waals surface area contributed by atoms with Crippen molar-refractivity contribution in [2.75, 3.05) is 19.8 Å². The van der Waals surface area contributed by atoms with E-state index in [1.165, 1.54) is 0 Å². The molecule has 0 aromatic carbocycles. The molecular weight excluding hydrogens is 857 g/mol. The van der Waals surface area contributed by atoms with Crippen LogP contribution in [0, 0.1) is 52.3 Å². The van der Waals surface area contributed by atoms with Crippen LogP contribution in [0.1, 0.15) is 86.0 Å². The average molecular weight is 929 g/mol. The van der Waals surface area contributed by atoms with Gasteiger partial charge in [-0.05, 0) is 79.4 Å². The average Bonchev–Trinajstić information content (AvgIpc) is 3.77. The van der Waals surface area contributed by atoms with E-state index < -0.39 is 156 Å². The van der Waals surface area contributed by atoms with Gasteiger partial charge in [0.15, 0.2) is 12.6 Å². The van der Waals surface area contributed by atoms with Crippen LogP contribution in [-0.4, -0.2) is 193 Å². The summed E-state index contributed by atoms with van der Waals surface area (Å²) < 4.78 is 67.7. The number of aliphatic hydroxyl groups excluding tert-OH is 10. The lowest BCUT2D eigenvalue weighted by Gasteiger charge is -2.67. The van der Waals surface area contributed by atoms with Crippen molar-refractivity contribution in [3.63, 3.8) is 0 Å². The summed E-state index contributed by atoms with van der Waals surface area (Å²) in [5, 5.41) is 121. The SMILES string of the molecule is CC(C)[C@H](CC[C@@H](C)[C@H]1C[C@H](O)[C@@H]2[C@]1(C)CC[C@H]1[C@@]2(O)CC(O)C2[C@@H](O)[C@@H]([C@@H]3OC[C@@H](O)[C@H](O)[C@H]3O)CC[C@@]21C)O[C@@H]1O[C@@H](CO)[C@H](OS(=O)(=O)O)[C@H]1O[C@@H]1O[C@@H](CO)[C@H](O)[C@H]1O. The van der Waals surface area contributed by atoms with E-state index in [9.17, 15) is 69.1 Å². The van der Waals surface area contributed by atoms with Gasteiger partial charge in [-0.1, -0.05) is 34.6 Å². The van der Waals surface area contributed by atoms with Gasteiger partial charge in [0.2, 0.25) is 0 Å². The highest BCUT2D eigenvalue weighted by Crippen LogP contribution is 2.70. The summed E-state index contributed by atoms with van der Waals surface area (Å²) in [6.45, 7) is 8.34. The van der Waals surface area contributed by atoms with Crippen molar-refractivity contribution < 1.29 is 97.0 Å². The molecule has 366 valence electrons. The van der Waals surface area contributed by atoms with Crippen LogP contribution in [0.2, 0.25) is 0 Å². The third-order valence-corrected chi connectivity index (χ3v) is 17.4. The Morgan fingerprint density at radius 1 is 0.746 bits per heavy atom. The highest BCUT2D eigenvalue weighted by Gasteiger charge is 2.72. The summed E-state index contributed by atoms with van der Waals surface area (Å²) in [6, 6.07) is 0. The summed E-state index contributed by atoms with van der Waals surface area (Å²) in [6.07, 6.45) is -17.4. The molecule has 3 aliphatic heterocycles. The van der Waals surface area contributed by atoms with Crippen LogP contribution >= 0.6 is 0 Å². The molecule has 7 rings (SSSR count). The first kappa shape index (κ1) is 50.1. The van der Waals surface area contributed by atoms with E-state index in [0.29, 0.717) is 44.9 Å². The highest BCUT2D eigenvalue weighted by molar-refractivity contribution is 7.80. The van der Waals surface area contributed by atoms with E-state index in [0.717, 1.165) is 0 Å². The molecule has 0 amide bonds. The number of fused-ring (bicyclic) bond motifs is 5. The molecule has 3 saturated heterocycles. The van der Waals surface area contributed by atoms with Gasteiger partial charge in [0.25, 0.3) is 0 Å². The van der Waals surface area contributed by atoms with Gasteiger partial charge in [-0.15, -0.1) is 0 Å². The smallest absolute Gasteiger partial charge is 0.394 e. The van der Waals surface area contributed by atoms with Crippen LogP contribution in [0.3, 0.4) is 0 Å². The maximum Gasteiger partial charge on any atom is 0.397 e. The molecule has 3 heterocycles. The minimum absolute atomic E-state index is 0.0270. The zero-order valence-corrected chi connectivity index (χ0v) is 37.4. The van der Waals surface area contributed by atoms with E-state index in [-0.39, 0.29) is 36.7 Å². The minimum Gasteiger partial charge on any atom is -0.394 e. The van der Waals surface area contributed by atoms with Crippen LogP contribution in [0.4, 0.5) is 0 Å². The molecule has 7 aliphatic rings. The second-order valence-electron chi connectivity index (χ2n) is 20.8. The Hall–Kier alpha value is -0.770. The first-order valence-electron chi connectivity index (χ1n) is 22.7. The topological polar surface area (TPSA) is 332 Å². The zero-order valence-electron chi connectivity index (χ0n) is 36.6. The molecule has 0 radical (unpaired) electrons. The lowest BCUT2D eigenvalue weighted by Crippen LogP contribution is -2.71. The van der Waals surface area contributed by atoms with E-state index >= 15 is 0 Å². The van der Waals surface area contributed by atoms with Crippen molar-refractivity contribution in [3.05, 3.63) is 0 Å². The number of rotatable bonds is 14. The van der Waals surface area contributed by atoms with E-state index in [2.05, 4.69) is 13.8 Å². The predicted molar refractivity (Wildman–Crippen MR) is 215 cm³/mol. The van der Waals surface area contributed by atoms with Gasteiger partial charge in [0.1, 0.15) is 54.9 Å². The number of ether oxygens (including phenoxy) is 5. The highest BCUT2D eigenvalue weighted by atomic mass is 32.3. The van der Waals surface area contributed by atoms with Crippen LogP contribution in [0.15, 0.2) is 0 Å². The normalized spacial score (nSPS) is 52.3. The van der Waals surface area contributed by atoms with Crippen LogP contribution < -0.4 is 0 Å². The maximum atomic E-state index is 12.9. The Labute approximate surface area is 368 Å². The lowest BCUT2D eigenvalue weighted by molar-refractivity contribution is -0.287. The monoisotopic (exact) mass is 928 g/mol. The molecule has 4 saturated carbocycles. The second-order valence-corrected chi connectivity index (χ2v) is 21.9. The molecule has 12 N–H and O–H groups in total. The van der Waals surface area contributed by atoms with Gasteiger partial charge in [-0.3, -0.25) is 4.55 Å². The lowest BCUT2D eigenvalue weighted by atomic mass is 9.40. The Morgan fingerprint density at radius 2 is 1.40 bits per heavy atom. The van der Waals surface area contributed by atoms with Crippen molar-refractivity contribution >= 4 is 10.4 Å². The van der Waals surface area contributed by atoms with E-state index in [4.69, 9.17) is 27.9 Å². The molecule has 25 atom stereocenters. The van der Waals surface area contributed by atoms with Gasteiger partial charge in [-0.2, -0.15) is 8.42 Å². The van der Waals surface area contributed by atoms with Crippen LogP contribution in [0.25, 0.3) is 0 Å². The first-order valence-corrected chi connectivity index (χ1v) is 24.1. The third-order valence-electron chi connectivity index (χ3n) is 17.0. The van der Waals surface area contributed by atoms with Crippen molar-refractivity contribution in [1.82, 2.24) is 0 Å². The van der Waals surface area contributed by atoms with Crippen LogP contribution in [-0.2, 0) is 38.3 Å². The number of hydrogen-bond donors (Lipinski definition) is 12. The van der Waals surface area contributed by atoms with Gasteiger partial charge in [-0.25, -0.2) is 4.18 Å². The maximum absolute atomic E-state index is 12.9. The summed E-state index contributed by atoms with van der Waals surface area (Å²) in [4.78, 5) is 0. The van der Waals surface area contributed by atoms with Crippen molar-refractivity contribution in [3.8, 4) is 0 Å².